The highest BCUT2D eigenvalue weighted by Crippen LogP contribution is 2.30. The number of carbonyl (C=O) groups excluding carboxylic acids is 2. The Kier molecular flexibility index (Phi) is 6.36. The zero-order valence-electron chi connectivity index (χ0n) is 15.5. The van der Waals surface area contributed by atoms with Gasteiger partial charge in [0.25, 0.3) is 0 Å². The maximum Gasteiger partial charge on any atom is 0.339 e. The highest BCUT2D eigenvalue weighted by Gasteiger charge is 2.29. The number of thioether (sulfide) groups is 1. The third kappa shape index (κ3) is 5.45. The number of carbonyl (C=O) groups is 2. The minimum atomic E-state index is -0.603. The molecule has 0 aromatic carbocycles. The normalized spacial score (nSPS) is 20.1. The van der Waals surface area contributed by atoms with Crippen molar-refractivity contribution in [2.24, 2.45) is 10.9 Å². The number of hydrogen-bond acceptors (Lipinski definition) is 7. The number of hydrogen-bond donors (Lipinski definition) is 1. The van der Waals surface area contributed by atoms with Gasteiger partial charge in [-0.15, -0.1) is 11.8 Å². The van der Waals surface area contributed by atoms with E-state index in [2.05, 4.69) is 10.3 Å². The average Bonchev–Trinajstić information content (AvgIpc) is 3.32. The fraction of sp³-hybridized carbons (Fsp3) is 0.579. The van der Waals surface area contributed by atoms with Gasteiger partial charge in [-0.1, -0.05) is 13.3 Å². The first-order chi connectivity index (χ1) is 13.0. The predicted molar refractivity (Wildman–Crippen MR) is 103 cm³/mol. The molecule has 7 nitrogen and oxygen atoms in total. The summed E-state index contributed by atoms with van der Waals surface area (Å²) in [5.74, 6) is 1.45. The molecule has 1 aliphatic carbocycles. The first-order valence-corrected chi connectivity index (χ1v) is 10.2. The molecule has 1 amide bonds. The van der Waals surface area contributed by atoms with E-state index in [1.165, 1.54) is 24.8 Å². The zero-order chi connectivity index (χ0) is 19.4. The SMILES string of the molecule is CCCC(NC(=O)C1CSC(C(C)=O)=N1)c1cc(OCC2CC2)cc(=O)o1. The molecular formula is C19H24N2O5S. The second-order valence-corrected chi connectivity index (χ2v) is 7.94. The standard InChI is InChI=1S/C19H24N2O5S/c1-3-4-14(20-18(24)15-10-27-19(21-15)11(2)22)16-7-13(8-17(23)26-16)25-9-12-5-6-12/h7-8,12,14-15H,3-6,9-10H2,1-2H3,(H,20,24). The number of ether oxygens (including phenoxy) is 1. The number of nitrogens with one attached hydrogen (secondary N) is 1. The van der Waals surface area contributed by atoms with Crippen LogP contribution in [0, 0.1) is 5.92 Å². The Labute approximate surface area is 162 Å². The van der Waals surface area contributed by atoms with Gasteiger partial charge in [-0.25, -0.2) is 4.79 Å². The topological polar surface area (TPSA) is 98.0 Å². The molecule has 0 radical (unpaired) electrons. The number of nitrogens with zero attached hydrogens (tertiary/aromatic N) is 1. The van der Waals surface area contributed by atoms with Crippen LogP contribution in [0.2, 0.25) is 0 Å². The molecule has 2 unspecified atom stereocenters. The Hall–Kier alpha value is -2.09. The molecule has 1 fully saturated rings. The van der Waals surface area contributed by atoms with E-state index in [-0.39, 0.29) is 11.7 Å². The first-order valence-electron chi connectivity index (χ1n) is 9.26. The lowest BCUT2D eigenvalue weighted by atomic mass is 10.1. The summed E-state index contributed by atoms with van der Waals surface area (Å²) in [5, 5.41) is 3.29. The number of Topliss-reactive ketones (excluding diaryl/α,β-unsaturated/α-hetero) is 1. The number of rotatable bonds is 9. The van der Waals surface area contributed by atoms with Crippen LogP contribution in [0.4, 0.5) is 0 Å². The molecule has 8 heteroatoms. The van der Waals surface area contributed by atoms with E-state index in [1.54, 1.807) is 6.07 Å². The van der Waals surface area contributed by atoms with Crippen LogP contribution >= 0.6 is 11.8 Å². The van der Waals surface area contributed by atoms with E-state index >= 15 is 0 Å². The van der Waals surface area contributed by atoms with Crippen LogP contribution < -0.4 is 15.7 Å². The predicted octanol–water partition coefficient (Wildman–Crippen LogP) is 2.49. The summed E-state index contributed by atoms with van der Waals surface area (Å²) >= 11 is 1.29. The van der Waals surface area contributed by atoms with Crippen LogP contribution in [0.25, 0.3) is 0 Å². The summed E-state index contributed by atoms with van der Waals surface area (Å²) in [6.45, 7) is 4.02. The third-order valence-corrected chi connectivity index (χ3v) is 5.59. The summed E-state index contributed by atoms with van der Waals surface area (Å²) in [5.41, 5.74) is -0.498. The molecule has 2 atom stereocenters. The summed E-state index contributed by atoms with van der Waals surface area (Å²) in [6, 6.07) is 1.96. The summed E-state index contributed by atoms with van der Waals surface area (Å²) in [6.07, 6.45) is 3.73. The lowest BCUT2D eigenvalue weighted by molar-refractivity contribution is -0.122. The van der Waals surface area contributed by atoms with E-state index in [9.17, 15) is 14.4 Å². The molecule has 1 saturated carbocycles. The zero-order valence-corrected chi connectivity index (χ0v) is 16.3. The molecule has 146 valence electrons. The van der Waals surface area contributed by atoms with Gasteiger partial charge in [0.2, 0.25) is 5.91 Å². The molecule has 0 spiro atoms. The van der Waals surface area contributed by atoms with Crippen LogP contribution in [0.15, 0.2) is 26.3 Å². The Morgan fingerprint density at radius 3 is 2.81 bits per heavy atom. The summed E-state index contributed by atoms with van der Waals surface area (Å²) in [7, 11) is 0. The number of ketones is 1. The van der Waals surface area contributed by atoms with Crippen LogP contribution in [-0.2, 0) is 9.59 Å². The van der Waals surface area contributed by atoms with E-state index in [0.717, 1.165) is 19.3 Å². The second-order valence-electron chi connectivity index (χ2n) is 6.94. The highest BCUT2D eigenvalue weighted by molar-refractivity contribution is 8.16. The number of aliphatic imine (C=N–C) groups is 1. The number of amides is 1. The second kappa shape index (κ2) is 8.73. The van der Waals surface area contributed by atoms with Crippen LogP contribution in [0.5, 0.6) is 5.75 Å². The Morgan fingerprint density at radius 1 is 1.41 bits per heavy atom. The van der Waals surface area contributed by atoms with Crippen molar-refractivity contribution in [3.8, 4) is 5.75 Å². The van der Waals surface area contributed by atoms with Crippen LogP contribution in [0.3, 0.4) is 0 Å². The smallest absolute Gasteiger partial charge is 0.339 e. The van der Waals surface area contributed by atoms with Gasteiger partial charge in [-0.3, -0.25) is 14.6 Å². The van der Waals surface area contributed by atoms with Crippen molar-refractivity contribution in [1.29, 1.82) is 0 Å². The van der Waals surface area contributed by atoms with E-state index in [1.807, 2.05) is 6.92 Å². The van der Waals surface area contributed by atoms with Crippen molar-refractivity contribution in [1.82, 2.24) is 5.32 Å². The fourth-order valence-corrected chi connectivity index (χ4v) is 3.72. The van der Waals surface area contributed by atoms with Gasteiger partial charge in [0.15, 0.2) is 5.78 Å². The van der Waals surface area contributed by atoms with Gasteiger partial charge in [-0.05, 0) is 25.2 Å². The van der Waals surface area contributed by atoms with Crippen LogP contribution in [-0.4, -0.2) is 35.1 Å². The van der Waals surface area contributed by atoms with Gasteiger partial charge < -0.3 is 14.5 Å². The Balaban J connectivity index is 1.71. The maximum absolute atomic E-state index is 12.6. The molecular weight excluding hydrogens is 368 g/mol. The van der Waals surface area contributed by atoms with Crippen molar-refractivity contribution >= 4 is 28.5 Å². The van der Waals surface area contributed by atoms with E-state index in [4.69, 9.17) is 9.15 Å². The van der Waals surface area contributed by atoms with Gasteiger partial charge in [0.05, 0.1) is 18.7 Å². The lowest BCUT2D eigenvalue weighted by Crippen LogP contribution is -2.37. The van der Waals surface area contributed by atoms with Gasteiger partial charge >= 0.3 is 5.63 Å². The third-order valence-electron chi connectivity index (χ3n) is 4.44. The fourth-order valence-electron chi connectivity index (χ4n) is 2.77. The lowest BCUT2D eigenvalue weighted by Gasteiger charge is -2.19. The van der Waals surface area contributed by atoms with Gasteiger partial charge in [0.1, 0.15) is 22.6 Å². The van der Waals surface area contributed by atoms with Crippen LogP contribution in [0.1, 0.15) is 51.3 Å². The molecule has 0 saturated heterocycles. The highest BCUT2D eigenvalue weighted by atomic mass is 32.2. The quantitative estimate of drug-likeness (QED) is 0.693. The summed E-state index contributed by atoms with van der Waals surface area (Å²) < 4.78 is 11.0. The Bertz CT molecular complexity index is 800. The van der Waals surface area contributed by atoms with Crippen molar-refractivity contribution in [3.63, 3.8) is 0 Å². The maximum atomic E-state index is 12.6. The minimum Gasteiger partial charge on any atom is -0.493 e. The largest absolute Gasteiger partial charge is 0.493 e. The van der Waals surface area contributed by atoms with Gasteiger partial charge in [0, 0.05) is 18.7 Å². The monoisotopic (exact) mass is 392 g/mol. The molecule has 1 aliphatic heterocycles. The average molecular weight is 392 g/mol. The van der Waals surface area contributed by atoms with E-state index in [0.29, 0.717) is 41.3 Å². The first kappa shape index (κ1) is 19.7. The molecule has 0 bridgehead atoms. The van der Waals surface area contributed by atoms with E-state index < -0.39 is 17.7 Å². The molecule has 2 heterocycles. The molecule has 2 aliphatic rings. The molecule has 1 N–H and O–H groups in total. The molecule has 27 heavy (non-hydrogen) atoms. The molecule has 3 rings (SSSR count). The molecule has 1 aromatic heterocycles. The van der Waals surface area contributed by atoms with Crippen molar-refractivity contribution < 1.29 is 18.7 Å². The van der Waals surface area contributed by atoms with Crippen molar-refractivity contribution in [3.05, 3.63) is 28.3 Å². The van der Waals surface area contributed by atoms with Crippen molar-refractivity contribution in [2.45, 2.75) is 51.6 Å². The minimum absolute atomic E-state index is 0.132. The van der Waals surface area contributed by atoms with Crippen molar-refractivity contribution in [2.75, 3.05) is 12.4 Å². The Morgan fingerprint density at radius 2 is 2.19 bits per heavy atom. The van der Waals surface area contributed by atoms with Gasteiger partial charge in [-0.2, -0.15) is 0 Å². The molecule has 1 aromatic rings. The summed E-state index contributed by atoms with van der Waals surface area (Å²) in [4.78, 5) is 40.1.